The SMILES string of the molecule is O=C(c1ccccc1-n1cnnc1)N1CCC[C@H](COc2ccccc2F)C1. The molecule has 3 aromatic rings. The van der Waals surface area contributed by atoms with Crippen LogP contribution in [0.5, 0.6) is 5.75 Å². The van der Waals surface area contributed by atoms with Crippen molar-refractivity contribution in [2.24, 2.45) is 5.92 Å². The second-order valence-electron chi connectivity index (χ2n) is 6.89. The van der Waals surface area contributed by atoms with Gasteiger partial charge in [-0.05, 0) is 37.1 Å². The molecule has 2 aromatic carbocycles. The van der Waals surface area contributed by atoms with Gasteiger partial charge in [0.25, 0.3) is 5.91 Å². The van der Waals surface area contributed by atoms with Crippen molar-refractivity contribution in [3.63, 3.8) is 0 Å². The Kier molecular flexibility index (Phi) is 5.32. The van der Waals surface area contributed by atoms with Crippen LogP contribution in [-0.2, 0) is 0 Å². The fourth-order valence-electron chi connectivity index (χ4n) is 3.53. The first-order valence-corrected chi connectivity index (χ1v) is 9.33. The monoisotopic (exact) mass is 380 g/mol. The highest BCUT2D eigenvalue weighted by Gasteiger charge is 2.26. The van der Waals surface area contributed by atoms with E-state index < -0.39 is 0 Å². The molecule has 144 valence electrons. The summed E-state index contributed by atoms with van der Waals surface area (Å²) in [5.41, 5.74) is 1.36. The highest BCUT2D eigenvalue weighted by molar-refractivity contribution is 5.97. The lowest BCUT2D eigenvalue weighted by Crippen LogP contribution is -2.41. The van der Waals surface area contributed by atoms with E-state index in [1.807, 2.05) is 29.2 Å². The third-order valence-corrected chi connectivity index (χ3v) is 4.95. The Bertz CT molecular complexity index is 945. The van der Waals surface area contributed by atoms with Crippen molar-refractivity contribution in [3.8, 4) is 11.4 Å². The number of halogens is 1. The predicted molar refractivity (Wildman–Crippen MR) is 102 cm³/mol. The van der Waals surface area contributed by atoms with Crippen LogP contribution in [0, 0.1) is 11.7 Å². The molecule has 1 amide bonds. The number of carbonyl (C=O) groups excluding carboxylic acids is 1. The van der Waals surface area contributed by atoms with E-state index in [1.165, 1.54) is 6.07 Å². The lowest BCUT2D eigenvalue weighted by molar-refractivity contribution is 0.0631. The molecule has 0 saturated carbocycles. The molecule has 0 spiro atoms. The summed E-state index contributed by atoms with van der Waals surface area (Å²) in [7, 11) is 0. The second-order valence-corrected chi connectivity index (χ2v) is 6.89. The summed E-state index contributed by atoms with van der Waals surface area (Å²) < 4.78 is 21.1. The molecule has 1 aromatic heterocycles. The van der Waals surface area contributed by atoms with Crippen LogP contribution < -0.4 is 4.74 Å². The second kappa shape index (κ2) is 8.21. The molecule has 1 saturated heterocycles. The first kappa shape index (κ1) is 18.2. The van der Waals surface area contributed by atoms with Gasteiger partial charge in [-0.2, -0.15) is 0 Å². The highest BCUT2D eigenvalue weighted by Crippen LogP contribution is 2.23. The fraction of sp³-hybridized carbons (Fsp3) is 0.286. The minimum atomic E-state index is -0.367. The Morgan fingerprint density at radius 2 is 1.86 bits per heavy atom. The van der Waals surface area contributed by atoms with Gasteiger partial charge in [0, 0.05) is 19.0 Å². The molecule has 0 bridgehead atoms. The molecule has 1 aliphatic heterocycles. The van der Waals surface area contributed by atoms with Crippen molar-refractivity contribution in [1.29, 1.82) is 0 Å². The largest absolute Gasteiger partial charge is 0.490 e. The highest BCUT2D eigenvalue weighted by atomic mass is 19.1. The zero-order valence-corrected chi connectivity index (χ0v) is 15.4. The Morgan fingerprint density at radius 1 is 1.11 bits per heavy atom. The molecule has 0 radical (unpaired) electrons. The number of rotatable bonds is 5. The quantitative estimate of drug-likeness (QED) is 0.681. The molecule has 0 N–H and O–H groups in total. The van der Waals surface area contributed by atoms with E-state index in [-0.39, 0.29) is 23.4 Å². The number of amides is 1. The Labute approximate surface area is 162 Å². The van der Waals surface area contributed by atoms with Crippen molar-refractivity contribution in [2.75, 3.05) is 19.7 Å². The van der Waals surface area contributed by atoms with Gasteiger partial charge < -0.3 is 9.64 Å². The lowest BCUT2D eigenvalue weighted by atomic mass is 9.98. The summed E-state index contributed by atoms with van der Waals surface area (Å²) in [6.45, 7) is 1.67. The van der Waals surface area contributed by atoms with Gasteiger partial charge in [-0.1, -0.05) is 24.3 Å². The zero-order valence-electron chi connectivity index (χ0n) is 15.4. The molecule has 28 heavy (non-hydrogen) atoms. The average Bonchev–Trinajstić information content (AvgIpc) is 3.28. The number of nitrogens with zero attached hydrogens (tertiary/aromatic N) is 4. The standard InChI is InChI=1S/C21H21FN4O2/c22-18-8-2-4-10-20(18)28-13-16-6-5-11-25(12-16)21(27)17-7-1-3-9-19(17)26-14-23-24-15-26/h1-4,7-10,14-16H,5-6,11-13H2/t16-/m0/s1. The number of ether oxygens (including phenoxy) is 1. The molecule has 6 nitrogen and oxygen atoms in total. The number of piperidine rings is 1. The fourth-order valence-corrected chi connectivity index (χ4v) is 3.53. The summed E-state index contributed by atoms with van der Waals surface area (Å²) in [4.78, 5) is 15.0. The van der Waals surface area contributed by atoms with E-state index in [0.717, 1.165) is 18.5 Å². The maximum atomic E-state index is 13.7. The van der Waals surface area contributed by atoms with Crippen LogP contribution in [0.15, 0.2) is 61.2 Å². The maximum Gasteiger partial charge on any atom is 0.255 e. The zero-order chi connectivity index (χ0) is 19.3. The molecule has 4 rings (SSSR count). The first-order chi connectivity index (χ1) is 13.7. The number of hydrogen-bond donors (Lipinski definition) is 0. The minimum Gasteiger partial charge on any atom is -0.490 e. The number of para-hydroxylation sites is 2. The van der Waals surface area contributed by atoms with E-state index in [1.54, 1.807) is 35.4 Å². The van der Waals surface area contributed by atoms with E-state index in [4.69, 9.17) is 4.74 Å². The van der Waals surface area contributed by atoms with Gasteiger partial charge in [0.15, 0.2) is 11.6 Å². The van der Waals surface area contributed by atoms with Crippen LogP contribution in [0.4, 0.5) is 4.39 Å². The van der Waals surface area contributed by atoms with E-state index >= 15 is 0 Å². The van der Waals surface area contributed by atoms with Gasteiger partial charge in [-0.25, -0.2) is 4.39 Å². The normalized spacial score (nSPS) is 16.8. The van der Waals surface area contributed by atoms with E-state index in [2.05, 4.69) is 10.2 Å². The van der Waals surface area contributed by atoms with Crippen LogP contribution in [0.3, 0.4) is 0 Å². The van der Waals surface area contributed by atoms with Gasteiger partial charge in [-0.15, -0.1) is 10.2 Å². The van der Waals surface area contributed by atoms with Gasteiger partial charge >= 0.3 is 0 Å². The smallest absolute Gasteiger partial charge is 0.255 e. The first-order valence-electron chi connectivity index (χ1n) is 9.33. The molecule has 1 fully saturated rings. The number of carbonyl (C=O) groups is 1. The van der Waals surface area contributed by atoms with Gasteiger partial charge in [-0.3, -0.25) is 9.36 Å². The molecule has 7 heteroatoms. The van der Waals surface area contributed by atoms with Crippen molar-refractivity contribution < 1.29 is 13.9 Å². The molecule has 0 aliphatic carbocycles. The van der Waals surface area contributed by atoms with Crippen LogP contribution in [-0.4, -0.2) is 45.3 Å². The van der Waals surface area contributed by atoms with E-state index in [0.29, 0.717) is 25.3 Å². The number of benzene rings is 2. The molecule has 1 atom stereocenters. The number of aromatic nitrogens is 3. The summed E-state index contributed by atoms with van der Waals surface area (Å²) in [5, 5.41) is 7.65. The number of hydrogen-bond acceptors (Lipinski definition) is 4. The van der Waals surface area contributed by atoms with Crippen LogP contribution in [0.25, 0.3) is 5.69 Å². The van der Waals surface area contributed by atoms with Crippen LogP contribution >= 0.6 is 0 Å². The maximum absolute atomic E-state index is 13.7. The minimum absolute atomic E-state index is 0.0279. The third kappa shape index (κ3) is 3.88. The van der Waals surface area contributed by atoms with Crippen molar-refractivity contribution in [2.45, 2.75) is 12.8 Å². The average molecular weight is 380 g/mol. The summed E-state index contributed by atoms with van der Waals surface area (Å²) in [6.07, 6.45) is 5.00. The molecular formula is C21H21FN4O2. The summed E-state index contributed by atoms with van der Waals surface area (Å²) >= 11 is 0. The molecule has 2 heterocycles. The van der Waals surface area contributed by atoms with Crippen molar-refractivity contribution in [1.82, 2.24) is 19.7 Å². The van der Waals surface area contributed by atoms with Gasteiger partial charge in [0.1, 0.15) is 12.7 Å². The Hall–Kier alpha value is -3.22. The number of likely N-dealkylation sites (tertiary alicyclic amines) is 1. The van der Waals surface area contributed by atoms with Gasteiger partial charge in [0.05, 0.1) is 17.9 Å². The Morgan fingerprint density at radius 3 is 2.68 bits per heavy atom. The van der Waals surface area contributed by atoms with Crippen LogP contribution in [0.1, 0.15) is 23.2 Å². The molecule has 1 aliphatic rings. The Balaban J connectivity index is 1.45. The summed E-state index contributed by atoms with van der Waals surface area (Å²) in [6, 6.07) is 13.8. The van der Waals surface area contributed by atoms with Crippen molar-refractivity contribution in [3.05, 3.63) is 72.6 Å². The van der Waals surface area contributed by atoms with Crippen LogP contribution in [0.2, 0.25) is 0 Å². The predicted octanol–water partition coefficient (Wildman–Crippen LogP) is 3.34. The topological polar surface area (TPSA) is 60.2 Å². The summed E-state index contributed by atoms with van der Waals surface area (Å²) in [5.74, 6) is 0.0253. The third-order valence-electron chi connectivity index (χ3n) is 4.95. The van der Waals surface area contributed by atoms with Crippen molar-refractivity contribution >= 4 is 5.91 Å². The molecular weight excluding hydrogens is 359 g/mol. The van der Waals surface area contributed by atoms with Gasteiger partial charge in [0.2, 0.25) is 0 Å². The molecule has 0 unspecified atom stereocenters. The lowest BCUT2D eigenvalue weighted by Gasteiger charge is -2.33. The van der Waals surface area contributed by atoms with E-state index in [9.17, 15) is 9.18 Å².